The average molecular weight is 347 g/mol. The standard InChI is InChI=1S/C21H21N3O2/c1-24-19(10-14-6-3-2-4-7-14)18(13-22-24)21(26)23-16-11-15-8-5-9-20(25)17(15)12-16/h2-9,13,16,25H,10-12H2,1H3,(H,23,26). The second kappa shape index (κ2) is 6.67. The number of phenolic OH excluding ortho intramolecular Hbond substituents is 1. The number of rotatable bonds is 4. The maximum atomic E-state index is 12.8. The zero-order valence-corrected chi connectivity index (χ0v) is 14.6. The SMILES string of the molecule is Cn1ncc(C(=O)NC2Cc3cccc(O)c3C2)c1Cc1ccccc1. The van der Waals surface area contributed by atoms with Gasteiger partial charge in [0.05, 0.1) is 17.5 Å². The van der Waals surface area contributed by atoms with Gasteiger partial charge >= 0.3 is 0 Å². The number of benzene rings is 2. The summed E-state index contributed by atoms with van der Waals surface area (Å²) >= 11 is 0. The van der Waals surface area contributed by atoms with Crippen molar-refractivity contribution in [3.63, 3.8) is 0 Å². The van der Waals surface area contributed by atoms with Gasteiger partial charge in [0.15, 0.2) is 0 Å². The zero-order valence-electron chi connectivity index (χ0n) is 14.6. The number of carbonyl (C=O) groups is 1. The lowest BCUT2D eigenvalue weighted by molar-refractivity contribution is 0.0937. The Labute approximate surface area is 152 Å². The minimum atomic E-state index is -0.110. The molecule has 1 aromatic heterocycles. The van der Waals surface area contributed by atoms with Gasteiger partial charge in [-0.25, -0.2) is 0 Å². The van der Waals surface area contributed by atoms with E-state index in [9.17, 15) is 9.90 Å². The van der Waals surface area contributed by atoms with E-state index in [-0.39, 0.29) is 11.9 Å². The second-order valence-corrected chi connectivity index (χ2v) is 6.78. The highest BCUT2D eigenvalue weighted by atomic mass is 16.3. The molecule has 2 N–H and O–H groups in total. The van der Waals surface area contributed by atoms with Gasteiger partial charge in [-0.1, -0.05) is 42.5 Å². The Morgan fingerprint density at radius 2 is 2.00 bits per heavy atom. The van der Waals surface area contributed by atoms with Crippen LogP contribution in [-0.4, -0.2) is 26.8 Å². The van der Waals surface area contributed by atoms with Crippen LogP contribution in [0.15, 0.2) is 54.7 Å². The molecule has 2 aromatic carbocycles. The van der Waals surface area contributed by atoms with Gasteiger partial charge < -0.3 is 10.4 Å². The summed E-state index contributed by atoms with van der Waals surface area (Å²) in [6, 6.07) is 15.6. The zero-order chi connectivity index (χ0) is 18.1. The fourth-order valence-electron chi connectivity index (χ4n) is 3.65. The summed E-state index contributed by atoms with van der Waals surface area (Å²) in [6.07, 6.45) is 3.69. The van der Waals surface area contributed by atoms with E-state index in [1.807, 2.05) is 49.5 Å². The van der Waals surface area contributed by atoms with Crippen molar-refractivity contribution >= 4 is 5.91 Å². The van der Waals surface area contributed by atoms with Crippen LogP contribution in [0.2, 0.25) is 0 Å². The summed E-state index contributed by atoms with van der Waals surface area (Å²) in [5.74, 6) is 0.201. The van der Waals surface area contributed by atoms with Crippen LogP contribution in [0.25, 0.3) is 0 Å². The number of nitrogens with zero attached hydrogens (tertiary/aromatic N) is 2. The number of aryl methyl sites for hydroxylation is 1. The molecule has 1 aliphatic rings. The van der Waals surface area contributed by atoms with Gasteiger partial charge in [0.25, 0.3) is 5.91 Å². The maximum absolute atomic E-state index is 12.8. The number of aromatic hydroxyl groups is 1. The van der Waals surface area contributed by atoms with Gasteiger partial charge in [-0.3, -0.25) is 9.48 Å². The molecule has 0 saturated carbocycles. The number of nitrogens with one attached hydrogen (secondary N) is 1. The third-order valence-electron chi connectivity index (χ3n) is 5.02. The third-order valence-corrected chi connectivity index (χ3v) is 5.02. The Morgan fingerprint density at radius 1 is 1.19 bits per heavy atom. The van der Waals surface area contributed by atoms with E-state index in [4.69, 9.17) is 0 Å². The summed E-state index contributed by atoms with van der Waals surface area (Å²) in [4.78, 5) is 12.8. The Bertz CT molecular complexity index is 947. The van der Waals surface area contributed by atoms with Gasteiger partial charge in [0, 0.05) is 19.5 Å². The first-order valence-electron chi connectivity index (χ1n) is 8.77. The van der Waals surface area contributed by atoms with Crippen LogP contribution in [-0.2, 0) is 26.3 Å². The van der Waals surface area contributed by atoms with Crippen molar-refractivity contribution in [2.24, 2.45) is 7.05 Å². The number of hydrogen-bond acceptors (Lipinski definition) is 3. The van der Waals surface area contributed by atoms with E-state index in [1.165, 1.54) is 0 Å². The molecular weight excluding hydrogens is 326 g/mol. The first-order chi connectivity index (χ1) is 12.6. The van der Waals surface area contributed by atoms with Crippen molar-refractivity contribution in [2.45, 2.75) is 25.3 Å². The van der Waals surface area contributed by atoms with E-state index in [1.54, 1.807) is 16.9 Å². The highest BCUT2D eigenvalue weighted by molar-refractivity contribution is 5.95. The summed E-state index contributed by atoms with van der Waals surface area (Å²) in [5.41, 5.74) is 4.69. The average Bonchev–Trinajstić information content (AvgIpc) is 3.21. The topological polar surface area (TPSA) is 67.2 Å². The molecule has 0 spiro atoms. The molecule has 132 valence electrons. The van der Waals surface area contributed by atoms with Crippen LogP contribution in [0.1, 0.15) is 32.7 Å². The van der Waals surface area contributed by atoms with E-state index in [0.29, 0.717) is 24.2 Å². The molecule has 4 rings (SSSR count). The summed E-state index contributed by atoms with van der Waals surface area (Å²) < 4.78 is 1.76. The van der Waals surface area contributed by atoms with Crippen LogP contribution in [0, 0.1) is 0 Å². The molecule has 0 aliphatic heterocycles. The third kappa shape index (κ3) is 3.08. The molecule has 3 aromatic rings. The van der Waals surface area contributed by atoms with E-state index in [0.717, 1.165) is 28.8 Å². The van der Waals surface area contributed by atoms with E-state index in [2.05, 4.69) is 10.4 Å². The molecule has 0 radical (unpaired) electrons. The molecule has 5 nitrogen and oxygen atoms in total. The van der Waals surface area contributed by atoms with Crippen molar-refractivity contribution in [1.29, 1.82) is 0 Å². The Hall–Kier alpha value is -3.08. The molecule has 1 unspecified atom stereocenters. The molecule has 5 heteroatoms. The summed E-state index contributed by atoms with van der Waals surface area (Å²) in [5, 5.41) is 17.4. The molecule has 0 saturated heterocycles. The van der Waals surface area contributed by atoms with Crippen molar-refractivity contribution < 1.29 is 9.90 Å². The van der Waals surface area contributed by atoms with Crippen LogP contribution >= 0.6 is 0 Å². The Morgan fingerprint density at radius 3 is 2.77 bits per heavy atom. The predicted molar refractivity (Wildman–Crippen MR) is 99.2 cm³/mol. The minimum absolute atomic E-state index is 0.00409. The quantitative estimate of drug-likeness (QED) is 0.762. The lowest BCUT2D eigenvalue weighted by Gasteiger charge is -2.13. The Balaban J connectivity index is 1.51. The second-order valence-electron chi connectivity index (χ2n) is 6.78. The van der Waals surface area contributed by atoms with Crippen molar-refractivity contribution in [2.75, 3.05) is 0 Å². The highest BCUT2D eigenvalue weighted by Gasteiger charge is 2.26. The lowest BCUT2D eigenvalue weighted by atomic mass is 10.1. The fourth-order valence-corrected chi connectivity index (χ4v) is 3.65. The number of phenols is 1. The number of carbonyl (C=O) groups excluding carboxylic acids is 1. The van der Waals surface area contributed by atoms with Crippen LogP contribution < -0.4 is 5.32 Å². The minimum Gasteiger partial charge on any atom is -0.508 e. The largest absolute Gasteiger partial charge is 0.508 e. The van der Waals surface area contributed by atoms with Gasteiger partial charge in [-0.2, -0.15) is 5.10 Å². The predicted octanol–water partition coefficient (Wildman–Crippen LogP) is 2.61. The van der Waals surface area contributed by atoms with Crippen molar-refractivity contribution in [3.05, 3.63) is 82.7 Å². The highest BCUT2D eigenvalue weighted by Crippen LogP contribution is 2.29. The molecule has 1 amide bonds. The normalized spacial score (nSPS) is 15.7. The van der Waals surface area contributed by atoms with Crippen LogP contribution in [0.3, 0.4) is 0 Å². The monoisotopic (exact) mass is 347 g/mol. The number of hydrogen-bond donors (Lipinski definition) is 2. The molecule has 0 fully saturated rings. The molecule has 26 heavy (non-hydrogen) atoms. The fraction of sp³-hybridized carbons (Fsp3) is 0.238. The maximum Gasteiger partial charge on any atom is 0.255 e. The van der Waals surface area contributed by atoms with Crippen LogP contribution in [0.4, 0.5) is 0 Å². The number of amides is 1. The molecule has 1 aliphatic carbocycles. The van der Waals surface area contributed by atoms with Crippen LogP contribution in [0.5, 0.6) is 5.75 Å². The Kier molecular flexibility index (Phi) is 4.21. The van der Waals surface area contributed by atoms with E-state index >= 15 is 0 Å². The van der Waals surface area contributed by atoms with Gasteiger partial charge in [0.1, 0.15) is 5.75 Å². The first kappa shape index (κ1) is 16.4. The van der Waals surface area contributed by atoms with Gasteiger partial charge in [-0.15, -0.1) is 0 Å². The van der Waals surface area contributed by atoms with Gasteiger partial charge in [-0.05, 0) is 35.6 Å². The van der Waals surface area contributed by atoms with E-state index < -0.39 is 0 Å². The van der Waals surface area contributed by atoms with Crippen molar-refractivity contribution in [3.8, 4) is 5.75 Å². The number of aromatic nitrogens is 2. The molecule has 0 bridgehead atoms. The summed E-state index contributed by atoms with van der Waals surface area (Å²) in [7, 11) is 1.86. The molecule has 1 atom stereocenters. The van der Waals surface area contributed by atoms with Gasteiger partial charge in [0.2, 0.25) is 0 Å². The first-order valence-corrected chi connectivity index (χ1v) is 8.77. The number of fused-ring (bicyclic) bond motifs is 1. The smallest absolute Gasteiger partial charge is 0.255 e. The molecule has 1 heterocycles. The lowest BCUT2D eigenvalue weighted by Crippen LogP contribution is -2.35. The molecular formula is C21H21N3O2. The van der Waals surface area contributed by atoms with Crippen molar-refractivity contribution in [1.82, 2.24) is 15.1 Å². The summed E-state index contributed by atoms with van der Waals surface area (Å²) in [6.45, 7) is 0.